The summed E-state index contributed by atoms with van der Waals surface area (Å²) < 4.78 is 6.78. The number of methoxy groups -OCH3 is 1. The Hall–Kier alpha value is -1.62. The van der Waals surface area contributed by atoms with E-state index in [2.05, 4.69) is 10.1 Å². The number of anilines is 1. The Morgan fingerprint density at radius 2 is 2.36 bits per heavy atom. The van der Waals surface area contributed by atoms with Gasteiger partial charge in [-0.05, 0) is 0 Å². The van der Waals surface area contributed by atoms with Gasteiger partial charge in [0.25, 0.3) is 0 Å². The van der Waals surface area contributed by atoms with Crippen LogP contribution in [0, 0.1) is 0 Å². The average molecular weight is 192 g/mol. The van der Waals surface area contributed by atoms with Gasteiger partial charge in [0.15, 0.2) is 0 Å². The van der Waals surface area contributed by atoms with Gasteiger partial charge in [-0.2, -0.15) is 5.10 Å². The molecule has 2 aromatic rings. The first-order valence-electron chi connectivity index (χ1n) is 4.37. The Bertz CT molecular complexity index is 437. The first-order chi connectivity index (χ1) is 6.81. The fourth-order valence-corrected chi connectivity index (χ4v) is 1.31. The van der Waals surface area contributed by atoms with Crippen LogP contribution in [0.5, 0.6) is 0 Å². The maximum atomic E-state index is 5.73. The number of pyridine rings is 1. The third kappa shape index (κ3) is 1.54. The summed E-state index contributed by atoms with van der Waals surface area (Å²) in [4.78, 5) is 4.00. The Labute approximate surface area is 81.5 Å². The third-order valence-electron chi connectivity index (χ3n) is 2.02. The number of nitrogens with two attached hydrogens (primary N) is 1. The van der Waals surface area contributed by atoms with Gasteiger partial charge in [0, 0.05) is 24.9 Å². The molecular formula is C9H12N4O. The second kappa shape index (κ2) is 3.63. The molecule has 0 bridgehead atoms. The predicted molar refractivity (Wildman–Crippen MR) is 53.8 cm³/mol. The van der Waals surface area contributed by atoms with E-state index in [9.17, 15) is 0 Å². The first kappa shape index (κ1) is 8.96. The number of aromatic nitrogens is 3. The summed E-state index contributed by atoms with van der Waals surface area (Å²) in [5, 5.41) is 5.28. The minimum atomic E-state index is 0.610. The molecule has 2 N–H and O–H groups in total. The summed E-state index contributed by atoms with van der Waals surface area (Å²) >= 11 is 0. The van der Waals surface area contributed by atoms with Crippen molar-refractivity contribution in [3.05, 3.63) is 18.6 Å². The number of fused-ring (bicyclic) bond motifs is 1. The van der Waals surface area contributed by atoms with Gasteiger partial charge in [-0.1, -0.05) is 0 Å². The predicted octanol–water partition coefficient (Wildman–Crippen LogP) is 0.660. The molecule has 14 heavy (non-hydrogen) atoms. The number of hydrogen-bond donors (Lipinski definition) is 1. The summed E-state index contributed by atoms with van der Waals surface area (Å²) in [6, 6.07) is 0. The second-order valence-electron chi connectivity index (χ2n) is 3.05. The van der Waals surface area contributed by atoms with Gasteiger partial charge < -0.3 is 10.5 Å². The summed E-state index contributed by atoms with van der Waals surface area (Å²) in [5.41, 5.74) is 7.14. The van der Waals surface area contributed by atoms with Crippen molar-refractivity contribution in [1.29, 1.82) is 0 Å². The molecule has 0 radical (unpaired) electrons. The van der Waals surface area contributed by atoms with Crippen LogP contribution in [0.3, 0.4) is 0 Å². The number of ether oxygens (including phenoxy) is 1. The molecule has 0 aromatic carbocycles. The normalized spacial score (nSPS) is 10.9. The Morgan fingerprint density at radius 3 is 3.07 bits per heavy atom. The van der Waals surface area contributed by atoms with E-state index in [4.69, 9.17) is 10.5 Å². The Morgan fingerprint density at radius 1 is 1.50 bits per heavy atom. The van der Waals surface area contributed by atoms with E-state index in [1.807, 2.05) is 10.9 Å². The van der Waals surface area contributed by atoms with Gasteiger partial charge in [0.05, 0.1) is 25.0 Å². The van der Waals surface area contributed by atoms with E-state index in [1.165, 1.54) is 0 Å². The lowest BCUT2D eigenvalue weighted by atomic mass is 10.3. The van der Waals surface area contributed by atoms with Crippen molar-refractivity contribution < 1.29 is 4.74 Å². The van der Waals surface area contributed by atoms with Gasteiger partial charge in [-0.15, -0.1) is 0 Å². The molecule has 0 spiro atoms. The molecule has 5 nitrogen and oxygen atoms in total. The van der Waals surface area contributed by atoms with Crippen LogP contribution in [-0.4, -0.2) is 28.5 Å². The highest BCUT2D eigenvalue weighted by atomic mass is 16.5. The standard InChI is InChI=1S/C9H12N4O/c1-14-3-2-13-6-7-4-11-5-8(10)9(7)12-13/h4-6H,2-3,10H2,1H3. The van der Waals surface area contributed by atoms with Gasteiger partial charge in [-0.25, -0.2) is 0 Å². The van der Waals surface area contributed by atoms with E-state index in [0.717, 1.165) is 17.4 Å². The summed E-state index contributed by atoms with van der Waals surface area (Å²) in [5.74, 6) is 0. The van der Waals surface area contributed by atoms with Gasteiger partial charge in [-0.3, -0.25) is 9.67 Å². The molecule has 2 heterocycles. The van der Waals surface area contributed by atoms with Crippen molar-refractivity contribution in [2.45, 2.75) is 6.54 Å². The molecular weight excluding hydrogens is 180 g/mol. The van der Waals surface area contributed by atoms with Crippen LogP contribution in [0.15, 0.2) is 18.6 Å². The van der Waals surface area contributed by atoms with Crippen molar-refractivity contribution in [1.82, 2.24) is 14.8 Å². The Kier molecular flexibility index (Phi) is 2.32. The zero-order chi connectivity index (χ0) is 9.97. The van der Waals surface area contributed by atoms with Crippen LogP contribution in [0.4, 0.5) is 5.69 Å². The lowest BCUT2D eigenvalue weighted by Gasteiger charge is -1.97. The van der Waals surface area contributed by atoms with Crippen LogP contribution in [-0.2, 0) is 11.3 Å². The quantitative estimate of drug-likeness (QED) is 0.775. The van der Waals surface area contributed by atoms with Gasteiger partial charge in [0.2, 0.25) is 0 Å². The van der Waals surface area contributed by atoms with Crippen molar-refractivity contribution in [2.24, 2.45) is 0 Å². The highest BCUT2D eigenvalue weighted by Gasteiger charge is 2.03. The summed E-state index contributed by atoms with van der Waals surface area (Å²) in [6.45, 7) is 1.37. The van der Waals surface area contributed by atoms with Crippen LogP contribution in [0.2, 0.25) is 0 Å². The molecule has 0 unspecified atom stereocenters. The van der Waals surface area contributed by atoms with E-state index < -0.39 is 0 Å². The number of rotatable bonds is 3. The number of nitrogens with zero attached hydrogens (tertiary/aromatic N) is 3. The average Bonchev–Trinajstić information content (AvgIpc) is 2.59. The minimum absolute atomic E-state index is 0.610. The molecule has 5 heteroatoms. The highest BCUT2D eigenvalue weighted by Crippen LogP contribution is 2.16. The molecule has 74 valence electrons. The maximum absolute atomic E-state index is 5.73. The molecule has 0 saturated heterocycles. The molecule has 0 atom stereocenters. The molecule has 2 aromatic heterocycles. The van der Waals surface area contributed by atoms with Crippen molar-refractivity contribution in [3.8, 4) is 0 Å². The molecule has 0 fully saturated rings. The lowest BCUT2D eigenvalue weighted by molar-refractivity contribution is 0.184. The lowest BCUT2D eigenvalue weighted by Crippen LogP contribution is -2.04. The van der Waals surface area contributed by atoms with E-state index in [0.29, 0.717) is 12.3 Å². The zero-order valence-corrected chi connectivity index (χ0v) is 7.97. The minimum Gasteiger partial charge on any atom is -0.396 e. The molecule has 2 rings (SSSR count). The van der Waals surface area contributed by atoms with Crippen LogP contribution in [0.1, 0.15) is 0 Å². The highest BCUT2D eigenvalue weighted by molar-refractivity contribution is 5.87. The largest absolute Gasteiger partial charge is 0.396 e. The van der Waals surface area contributed by atoms with E-state index in [1.54, 1.807) is 19.5 Å². The van der Waals surface area contributed by atoms with Crippen molar-refractivity contribution in [3.63, 3.8) is 0 Å². The van der Waals surface area contributed by atoms with Crippen LogP contribution in [0.25, 0.3) is 10.9 Å². The first-order valence-corrected chi connectivity index (χ1v) is 4.37. The smallest absolute Gasteiger partial charge is 0.118 e. The molecule has 0 aliphatic carbocycles. The van der Waals surface area contributed by atoms with Gasteiger partial charge in [0.1, 0.15) is 5.52 Å². The van der Waals surface area contributed by atoms with Crippen molar-refractivity contribution in [2.75, 3.05) is 19.5 Å². The Balaban J connectivity index is 2.36. The number of hydrogen-bond acceptors (Lipinski definition) is 4. The van der Waals surface area contributed by atoms with Crippen LogP contribution >= 0.6 is 0 Å². The fraction of sp³-hybridized carbons (Fsp3) is 0.333. The third-order valence-corrected chi connectivity index (χ3v) is 2.02. The zero-order valence-electron chi connectivity index (χ0n) is 7.97. The topological polar surface area (TPSA) is 66.0 Å². The monoisotopic (exact) mass is 192 g/mol. The maximum Gasteiger partial charge on any atom is 0.118 e. The van der Waals surface area contributed by atoms with Crippen LogP contribution < -0.4 is 5.73 Å². The molecule has 0 saturated carbocycles. The van der Waals surface area contributed by atoms with E-state index >= 15 is 0 Å². The number of nitrogen functional groups attached to an aromatic ring is 1. The summed E-state index contributed by atoms with van der Waals surface area (Å²) in [6.07, 6.45) is 5.27. The fourth-order valence-electron chi connectivity index (χ4n) is 1.31. The van der Waals surface area contributed by atoms with E-state index in [-0.39, 0.29) is 0 Å². The molecule has 0 aliphatic heterocycles. The van der Waals surface area contributed by atoms with Crippen molar-refractivity contribution >= 4 is 16.6 Å². The molecule has 0 aliphatic rings. The van der Waals surface area contributed by atoms with Gasteiger partial charge >= 0.3 is 0 Å². The second-order valence-corrected chi connectivity index (χ2v) is 3.05. The SMILES string of the molecule is COCCn1cc2cncc(N)c2n1. The molecule has 0 amide bonds. The summed E-state index contributed by atoms with van der Waals surface area (Å²) in [7, 11) is 1.67.